The molecule has 3 aromatic rings. The van der Waals surface area contributed by atoms with E-state index in [9.17, 15) is 19.5 Å². The van der Waals surface area contributed by atoms with E-state index in [1.54, 1.807) is 39.9 Å². The van der Waals surface area contributed by atoms with E-state index >= 15 is 0 Å². The lowest BCUT2D eigenvalue weighted by molar-refractivity contribution is -0.127. The van der Waals surface area contributed by atoms with Crippen LogP contribution in [0.25, 0.3) is 0 Å². The Morgan fingerprint density at radius 2 is 1.74 bits per heavy atom. The molecule has 0 spiro atoms. The molecule has 0 unspecified atom stereocenters. The van der Waals surface area contributed by atoms with Crippen molar-refractivity contribution in [2.24, 2.45) is 11.8 Å². The highest BCUT2D eigenvalue weighted by Crippen LogP contribution is 2.49. The smallest absolute Gasteiger partial charge is 0.273 e. The van der Waals surface area contributed by atoms with Crippen molar-refractivity contribution < 1.29 is 14.7 Å². The van der Waals surface area contributed by atoms with Crippen LogP contribution in [-0.2, 0) is 24.2 Å². The average Bonchev–Trinajstić information content (AvgIpc) is 3.54. The predicted octanol–water partition coefficient (Wildman–Crippen LogP) is 1.33. The Hall–Kier alpha value is -3.78. The number of hydrogen-bond acceptors (Lipinski definition) is 5. The van der Waals surface area contributed by atoms with Gasteiger partial charge in [-0.25, -0.2) is 0 Å². The first kappa shape index (κ1) is 21.7. The first-order valence-corrected chi connectivity index (χ1v) is 12.0. The predicted molar refractivity (Wildman–Crippen MR) is 127 cm³/mol. The molecule has 0 radical (unpaired) electrons. The molecule has 2 aliphatic heterocycles. The van der Waals surface area contributed by atoms with Crippen molar-refractivity contribution in [1.29, 1.82) is 0 Å². The average molecular weight is 471 g/mol. The minimum Gasteiger partial charge on any atom is -0.396 e. The summed E-state index contributed by atoms with van der Waals surface area (Å²) in [5.74, 6) is -1.41. The number of aromatic nitrogens is 2. The van der Waals surface area contributed by atoms with Crippen LogP contribution in [0.15, 0.2) is 71.7 Å². The molecular formula is C27H26N4O4. The van der Waals surface area contributed by atoms with Crippen molar-refractivity contribution in [3.8, 4) is 0 Å². The number of fused-ring (bicyclic) bond motifs is 4. The number of nitrogens with zero attached hydrogens (tertiary/aromatic N) is 3. The Labute approximate surface area is 202 Å². The van der Waals surface area contributed by atoms with Gasteiger partial charge in [-0.2, -0.15) is 0 Å². The molecule has 8 nitrogen and oxygen atoms in total. The number of carbonyl (C=O) groups excluding carboxylic acids is 2. The van der Waals surface area contributed by atoms with Crippen LogP contribution in [0.5, 0.6) is 0 Å². The summed E-state index contributed by atoms with van der Waals surface area (Å²) in [7, 11) is 0. The second-order valence-corrected chi connectivity index (χ2v) is 9.61. The lowest BCUT2D eigenvalue weighted by Gasteiger charge is -2.31. The number of amides is 2. The van der Waals surface area contributed by atoms with Crippen LogP contribution in [0, 0.1) is 11.8 Å². The molecule has 1 saturated heterocycles. The molecule has 1 aromatic carbocycles. The molecule has 178 valence electrons. The molecule has 2 amide bonds. The zero-order chi connectivity index (χ0) is 24.1. The maximum Gasteiger partial charge on any atom is 0.273 e. The number of rotatable bonds is 4. The monoisotopic (exact) mass is 470 g/mol. The summed E-state index contributed by atoms with van der Waals surface area (Å²) >= 11 is 0. The van der Waals surface area contributed by atoms with Gasteiger partial charge in [-0.05, 0) is 42.2 Å². The minimum atomic E-state index is -0.864. The van der Waals surface area contributed by atoms with Crippen molar-refractivity contribution in [3.05, 3.63) is 99.7 Å². The third-order valence-corrected chi connectivity index (χ3v) is 7.74. The summed E-state index contributed by atoms with van der Waals surface area (Å²) in [6.45, 7) is 0.0917. The van der Waals surface area contributed by atoms with E-state index in [1.807, 2.05) is 18.2 Å². The van der Waals surface area contributed by atoms with Crippen LogP contribution in [0.3, 0.4) is 0 Å². The van der Waals surface area contributed by atoms with Gasteiger partial charge in [-0.3, -0.25) is 19.4 Å². The molecule has 1 fully saturated rings. The van der Waals surface area contributed by atoms with Crippen LogP contribution < -0.4 is 10.9 Å². The standard InChI is InChI=1S/C27H26N4O4/c32-15-20-19-14-30-22(9-5-10-23(30)33)24(19)31(27(35)21-8-3-4-11-28-21)25(20)26(34)29-18-12-16-6-1-2-7-17(16)13-18/h1-11,18-20,24-25,32H,12-15H2,(H,29,34)/t19-,20-,24+,25-/m1/s1. The van der Waals surface area contributed by atoms with Crippen molar-refractivity contribution in [3.63, 3.8) is 0 Å². The van der Waals surface area contributed by atoms with Crippen molar-refractivity contribution in [2.75, 3.05) is 6.61 Å². The lowest BCUT2D eigenvalue weighted by Crippen LogP contribution is -2.52. The summed E-state index contributed by atoms with van der Waals surface area (Å²) in [4.78, 5) is 45.9. The number of benzene rings is 1. The molecule has 1 aliphatic carbocycles. The van der Waals surface area contributed by atoms with E-state index in [0.717, 1.165) is 12.8 Å². The van der Waals surface area contributed by atoms with Crippen LogP contribution in [-0.4, -0.2) is 50.1 Å². The van der Waals surface area contributed by atoms with Crippen LogP contribution >= 0.6 is 0 Å². The van der Waals surface area contributed by atoms with Gasteiger partial charge in [0.05, 0.1) is 6.04 Å². The summed E-state index contributed by atoms with van der Waals surface area (Å²) in [5.41, 5.74) is 3.20. The quantitative estimate of drug-likeness (QED) is 0.599. The van der Waals surface area contributed by atoms with Gasteiger partial charge in [-0.1, -0.05) is 36.4 Å². The number of pyridine rings is 2. The van der Waals surface area contributed by atoms with Gasteiger partial charge < -0.3 is 19.9 Å². The van der Waals surface area contributed by atoms with Gasteiger partial charge in [0.15, 0.2) is 0 Å². The second-order valence-electron chi connectivity index (χ2n) is 9.61. The Morgan fingerprint density at radius 3 is 2.43 bits per heavy atom. The normalized spacial score (nSPS) is 24.7. The Balaban J connectivity index is 1.37. The highest BCUT2D eigenvalue weighted by Gasteiger charge is 2.57. The van der Waals surface area contributed by atoms with Gasteiger partial charge in [0, 0.05) is 49.0 Å². The molecule has 8 heteroatoms. The number of carbonyl (C=O) groups is 2. The summed E-state index contributed by atoms with van der Waals surface area (Å²) < 4.78 is 1.65. The van der Waals surface area contributed by atoms with Crippen LogP contribution in [0.4, 0.5) is 0 Å². The highest BCUT2D eigenvalue weighted by atomic mass is 16.3. The molecule has 3 aliphatic rings. The maximum absolute atomic E-state index is 13.8. The zero-order valence-corrected chi connectivity index (χ0v) is 19.1. The van der Waals surface area contributed by atoms with Crippen LogP contribution in [0.1, 0.15) is 33.4 Å². The Bertz CT molecular complexity index is 1330. The van der Waals surface area contributed by atoms with Gasteiger partial charge in [-0.15, -0.1) is 0 Å². The third-order valence-electron chi connectivity index (χ3n) is 7.74. The van der Waals surface area contributed by atoms with Gasteiger partial charge >= 0.3 is 0 Å². The number of nitrogens with one attached hydrogen (secondary N) is 1. The first-order chi connectivity index (χ1) is 17.1. The van der Waals surface area contributed by atoms with E-state index in [4.69, 9.17) is 0 Å². The molecule has 2 N–H and O–H groups in total. The van der Waals surface area contributed by atoms with E-state index in [0.29, 0.717) is 12.2 Å². The van der Waals surface area contributed by atoms with Gasteiger partial charge in [0.25, 0.3) is 11.5 Å². The number of hydrogen-bond donors (Lipinski definition) is 2. The molecule has 0 bridgehead atoms. The lowest BCUT2D eigenvalue weighted by atomic mass is 9.88. The SMILES string of the molecule is O=C(NC1Cc2ccccc2C1)[C@H]1[C@H](CO)[C@H]2Cn3c(cccc3=O)[C@H]2N1C(=O)c1ccccn1. The van der Waals surface area contributed by atoms with Gasteiger partial charge in [0.1, 0.15) is 11.7 Å². The fourth-order valence-corrected chi connectivity index (χ4v) is 6.23. The van der Waals surface area contributed by atoms with E-state index in [2.05, 4.69) is 22.4 Å². The largest absolute Gasteiger partial charge is 0.396 e. The van der Waals surface area contributed by atoms with E-state index in [1.165, 1.54) is 17.2 Å². The molecule has 6 rings (SSSR count). The molecule has 4 atom stereocenters. The fraction of sp³-hybridized carbons (Fsp3) is 0.333. The zero-order valence-electron chi connectivity index (χ0n) is 19.1. The second kappa shape index (κ2) is 8.46. The molecule has 0 saturated carbocycles. The molecule has 2 aromatic heterocycles. The summed E-state index contributed by atoms with van der Waals surface area (Å²) in [5, 5.41) is 13.6. The summed E-state index contributed by atoms with van der Waals surface area (Å²) in [6, 6.07) is 16.8. The molecule has 35 heavy (non-hydrogen) atoms. The van der Waals surface area contributed by atoms with Crippen molar-refractivity contribution in [2.45, 2.75) is 37.5 Å². The van der Waals surface area contributed by atoms with Crippen molar-refractivity contribution in [1.82, 2.24) is 19.8 Å². The number of aliphatic hydroxyl groups is 1. The van der Waals surface area contributed by atoms with Crippen molar-refractivity contribution >= 4 is 11.8 Å². The maximum atomic E-state index is 13.8. The van der Waals surface area contributed by atoms with E-state index in [-0.39, 0.29) is 41.6 Å². The van der Waals surface area contributed by atoms with Crippen LogP contribution in [0.2, 0.25) is 0 Å². The molecular weight excluding hydrogens is 444 g/mol. The third kappa shape index (κ3) is 3.47. The fourth-order valence-electron chi connectivity index (χ4n) is 6.23. The topological polar surface area (TPSA) is 105 Å². The Morgan fingerprint density at radius 1 is 1.00 bits per heavy atom. The number of likely N-dealkylation sites (tertiary alicyclic amines) is 1. The van der Waals surface area contributed by atoms with E-state index < -0.39 is 18.0 Å². The Kier molecular flexibility index (Phi) is 5.25. The first-order valence-electron chi connectivity index (χ1n) is 12.0. The minimum absolute atomic E-state index is 0.0682. The molecule has 4 heterocycles. The van der Waals surface area contributed by atoms with Gasteiger partial charge in [0.2, 0.25) is 5.91 Å². The highest BCUT2D eigenvalue weighted by molar-refractivity contribution is 5.97. The summed E-state index contributed by atoms with van der Waals surface area (Å²) in [6.07, 6.45) is 3.01. The number of aliphatic hydroxyl groups excluding tert-OH is 1.